The van der Waals surface area contributed by atoms with Gasteiger partial charge >= 0.3 is 0 Å². The summed E-state index contributed by atoms with van der Waals surface area (Å²) in [5, 5.41) is 4.10. The van der Waals surface area contributed by atoms with E-state index in [4.69, 9.17) is 14.5 Å². The third-order valence-electron chi connectivity index (χ3n) is 6.34. The normalized spacial score (nSPS) is 14.9. The summed E-state index contributed by atoms with van der Waals surface area (Å²) in [4.78, 5) is 33.5. The van der Waals surface area contributed by atoms with Gasteiger partial charge in [0.05, 0.1) is 31.0 Å². The Morgan fingerprint density at radius 1 is 1.11 bits per heavy atom. The molecule has 4 aromatic rings. The van der Waals surface area contributed by atoms with E-state index >= 15 is 0 Å². The molecule has 0 aliphatic heterocycles. The van der Waals surface area contributed by atoms with E-state index in [1.807, 2.05) is 24.3 Å². The number of benzene rings is 2. The number of hydrogen-bond donors (Lipinski definition) is 1. The molecule has 0 fully saturated rings. The van der Waals surface area contributed by atoms with Crippen molar-refractivity contribution in [2.24, 2.45) is 5.92 Å². The molecule has 2 heterocycles. The molecule has 1 aliphatic rings. The molecule has 7 nitrogen and oxygen atoms in total. The lowest BCUT2D eigenvalue weighted by atomic mass is 9.89. The van der Waals surface area contributed by atoms with Crippen molar-refractivity contribution in [3.8, 4) is 17.2 Å². The smallest absolute Gasteiger partial charge is 0.267 e. The molecule has 0 radical (unpaired) electrons. The highest BCUT2D eigenvalue weighted by molar-refractivity contribution is 7.99. The molecule has 1 unspecified atom stereocenters. The maximum Gasteiger partial charge on any atom is 0.267 e. The molecule has 36 heavy (non-hydrogen) atoms. The van der Waals surface area contributed by atoms with Gasteiger partial charge in [-0.1, -0.05) is 18.7 Å². The van der Waals surface area contributed by atoms with Crippen molar-refractivity contribution >= 4 is 44.9 Å². The van der Waals surface area contributed by atoms with Gasteiger partial charge in [-0.25, -0.2) is 4.98 Å². The van der Waals surface area contributed by atoms with Crippen molar-refractivity contribution in [1.29, 1.82) is 0 Å². The van der Waals surface area contributed by atoms with Gasteiger partial charge in [-0.15, -0.1) is 11.3 Å². The number of thioether (sulfide) groups is 1. The highest BCUT2D eigenvalue weighted by Crippen LogP contribution is 2.37. The molecular weight excluding hydrogens is 494 g/mol. The molecule has 9 heteroatoms. The first-order chi connectivity index (χ1) is 17.5. The van der Waals surface area contributed by atoms with Crippen LogP contribution in [0.15, 0.2) is 58.5 Å². The average Bonchev–Trinajstić information content (AvgIpc) is 3.25. The van der Waals surface area contributed by atoms with Gasteiger partial charge in [0, 0.05) is 10.6 Å². The molecular formula is C27H27N3O4S2. The van der Waals surface area contributed by atoms with Gasteiger partial charge in [0.1, 0.15) is 16.3 Å². The first kappa shape index (κ1) is 24.4. The number of methoxy groups -OCH3 is 2. The topological polar surface area (TPSA) is 82.5 Å². The number of fused-ring (bicyclic) bond motifs is 3. The first-order valence-electron chi connectivity index (χ1n) is 11.7. The van der Waals surface area contributed by atoms with E-state index in [9.17, 15) is 9.59 Å². The molecule has 2 aromatic carbocycles. The van der Waals surface area contributed by atoms with Crippen LogP contribution in [-0.2, 0) is 17.6 Å². The zero-order chi connectivity index (χ0) is 25.2. The number of hydrogen-bond acceptors (Lipinski definition) is 7. The Kier molecular flexibility index (Phi) is 7.02. The van der Waals surface area contributed by atoms with Crippen LogP contribution in [0.4, 0.5) is 5.69 Å². The van der Waals surface area contributed by atoms with E-state index in [-0.39, 0.29) is 17.2 Å². The van der Waals surface area contributed by atoms with Gasteiger partial charge in [0.25, 0.3) is 5.56 Å². The lowest BCUT2D eigenvalue weighted by Crippen LogP contribution is -2.23. The van der Waals surface area contributed by atoms with Crippen LogP contribution in [0.3, 0.4) is 0 Å². The van der Waals surface area contributed by atoms with Crippen molar-refractivity contribution in [3.63, 3.8) is 0 Å². The number of anilines is 1. The minimum atomic E-state index is -0.180. The molecule has 0 spiro atoms. The second-order valence-electron chi connectivity index (χ2n) is 8.83. The number of carbonyl (C=O) groups excluding carboxylic acids is 1. The Balaban J connectivity index is 1.49. The SMILES string of the molecule is COc1ccc(NC(=O)CSc2nc3sc4c(c3c(=O)n2-c2ccc(OC)cc2)CCC(C)C4)cc1. The van der Waals surface area contributed by atoms with Crippen LogP contribution in [0.5, 0.6) is 11.5 Å². The maximum absolute atomic E-state index is 13.9. The minimum Gasteiger partial charge on any atom is -0.497 e. The molecule has 0 saturated heterocycles. The maximum atomic E-state index is 13.9. The van der Waals surface area contributed by atoms with E-state index in [0.29, 0.717) is 33.6 Å². The second-order valence-corrected chi connectivity index (χ2v) is 10.9. The molecule has 1 aliphatic carbocycles. The number of aromatic nitrogens is 2. The molecule has 186 valence electrons. The Hall–Kier alpha value is -3.30. The van der Waals surface area contributed by atoms with E-state index in [2.05, 4.69) is 12.2 Å². The summed E-state index contributed by atoms with van der Waals surface area (Å²) < 4.78 is 12.1. The van der Waals surface area contributed by atoms with Crippen LogP contribution in [0, 0.1) is 5.92 Å². The number of thiophene rings is 1. The number of ether oxygens (including phenoxy) is 2. The van der Waals surface area contributed by atoms with Crippen LogP contribution in [0.2, 0.25) is 0 Å². The Bertz CT molecular complexity index is 1460. The molecule has 1 atom stereocenters. The van der Waals surface area contributed by atoms with Crippen molar-refractivity contribution in [3.05, 3.63) is 69.3 Å². The molecule has 5 rings (SSSR count). The number of carbonyl (C=O) groups is 1. The minimum absolute atomic E-state index is 0.0877. The first-order valence-corrected chi connectivity index (χ1v) is 13.6. The monoisotopic (exact) mass is 521 g/mol. The zero-order valence-electron chi connectivity index (χ0n) is 20.4. The quantitative estimate of drug-likeness (QED) is 0.262. The number of aryl methyl sites for hydroxylation is 1. The lowest BCUT2D eigenvalue weighted by Gasteiger charge is -2.18. The number of rotatable bonds is 7. The Labute approximate surface area is 217 Å². The van der Waals surface area contributed by atoms with E-state index in [1.54, 1.807) is 54.4 Å². The van der Waals surface area contributed by atoms with Gasteiger partial charge < -0.3 is 14.8 Å². The molecule has 1 N–H and O–H groups in total. The summed E-state index contributed by atoms with van der Waals surface area (Å²) in [7, 11) is 3.21. The zero-order valence-corrected chi connectivity index (χ0v) is 22.0. The van der Waals surface area contributed by atoms with Crippen LogP contribution in [-0.4, -0.2) is 35.4 Å². The van der Waals surface area contributed by atoms with Crippen LogP contribution in [0.1, 0.15) is 23.8 Å². The van der Waals surface area contributed by atoms with E-state index in [0.717, 1.165) is 35.4 Å². The van der Waals surface area contributed by atoms with Crippen LogP contribution in [0.25, 0.3) is 15.9 Å². The summed E-state index contributed by atoms with van der Waals surface area (Å²) in [6, 6.07) is 14.5. The van der Waals surface area contributed by atoms with Crippen LogP contribution >= 0.6 is 23.1 Å². The molecule has 2 aromatic heterocycles. The van der Waals surface area contributed by atoms with E-state index < -0.39 is 0 Å². The van der Waals surface area contributed by atoms with Gasteiger partial charge in [0.15, 0.2) is 5.16 Å². The summed E-state index contributed by atoms with van der Waals surface area (Å²) in [6.07, 6.45) is 2.95. The largest absolute Gasteiger partial charge is 0.497 e. The van der Waals surface area contributed by atoms with Gasteiger partial charge in [-0.3, -0.25) is 14.2 Å². The van der Waals surface area contributed by atoms with Crippen LogP contribution < -0.4 is 20.3 Å². The number of nitrogens with one attached hydrogen (secondary N) is 1. The Morgan fingerprint density at radius 2 is 1.78 bits per heavy atom. The highest BCUT2D eigenvalue weighted by atomic mass is 32.2. The Morgan fingerprint density at radius 3 is 2.44 bits per heavy atom. The molecule has 1 amide bonds. The summed E-state index contributed by atoms with van der Waals surface area (Å²) in [5.74, 6) is 1.96. The second kappa shape index (κ2) is 10.4. The summed E-state index contributed by atoms with van der Waals surface area (Å²) >= 11 is 2.86. The van der Waals surface area contributed by atoms with Crippen molar-refractivity contribution < 1.29 is 14.3 Å². The van der Waals surface area contributed by atoms with Crippen molar-refractivity contribution in [2.45, 2.75) is 31.3 Å². The fraction of sp³-hybridized carbons (Fsp3) is 0.296. The molecule has 0 bridgehead atoms. The molecule has 0 saturated carbocycles. The standard InChI is InChI=1S/C27H27N3O4S2/c1-16-4-13-21-22(14-16)36-25-24(21)26(32)30(18-7-11-20(34-3)12-8-18)27(29-25)35-15-23(31)28-17-5-9-19(33-2)10-6-17/h5-12,16H,4,13-15H2,1-3H3,(H,28,31). The summed E-state index contributed by atoms with van der Waals surface area (Å²) in [5.41, 5.74) is 2.42. The third kappa shape index (κ3) is 4.85. The predicted molar refractivity (Wildman–Crippen MR) is 145 cm³/mol. The van der Waals surface area contributed by atoms with Gasteiger partial charge in [-0.2, -0.15) is 0 Å². The van der Waals surface area contributed by atoms with Gasteiger partial charge in [0.2, 0.25) is 5.91 Å². The predicted octanol–water partition coefficient (Wildman–Crippen LogP) is 5.32. The number of amides is 1. The fourth-order valence-electron chi connectivity index (χ4n) is 4.43. The van der Waals surface area contributed by atoms with Gasteiger partial charge in [-0.05, 0) is 79.3 Å². The van der Waals surface area contributed by atoms with E-state index in [1.165, 1.54) is 16.6 Å². The highest BCUT2D eigenvalue weighted by Gasteiger charge is 2.25. The van der Waals surface area contributed by atoms with Crippen molar-refractivity contribution in [1.82, 2.24) is 9.55 Å². The number of nitrogens with zero attached hydrogens (tertiary/aromatic N) is 2. The summed E-state index contributed by atoms with van der Waals surface area (Å²) in [6.45, 7) is 2.25. The lowest BCUT2D eigenvalue weighted by molar-refractivity contribution is -0.113. The third-order valence-corrected chi connectivity index (χ3v) is 8.42. The average molecular weight is 522 g/mol. The van der Waals surface area contributed by atoms with Crippen molar-refractivity contribution in [2.75, 3.05) is 25.3 Å². The fourth-order valence-corrected chi connectivity index (χ4v) is 6.67.